The van der Waals surface area contributed by atoms with Gasteiger partial charge >= 0.3 is 0 Å². The van der Waals surface area contributed by atoms with Gasteiger partial charge in [0.05, 0.1) is 12.8 Å². The fourth-order valence-electron chi connectivity index (χ4n) is 5.06. The third-order valence-corrected chi connectivity index (χ3v) is 6.20. The van der Waals surface area contributed by atoms with E-state index in [2.05, 4.69) is 17.4 Å². The van der Waals surface area contributed by atoms with Crippen LogP contribution in [0, 0.1) is 23.5 Å². The van der Waals surface area contributed by atoms with Gasteiger partial charge in [0.25, 0.3) is 0 Å². The predicted molar refractivity (Wildman–Crippen MR) is 101 cm³/mol. The molecule has 4 unspecified atom stereocenters. The molecule has 0 aromatic heterocycles. The Morgan fingerprint density at radius 3 is 2.74 bits per heavy atom. The Kier molecular flexibility index (Phi) is 4.91. The highest BCUT2D eigenvalue weighted by Crippen LogP contribution is 2.47. The van der Waals surface area contributed by atoms with E-state index in [4.69, 9.17) is 10.5 Å². The lowest BCUT2D eigenvalue weighted by Gasteiger charge is -2.52. The van der Waals surface area contributed by atoms with Crippen molar-refractivity contribution in [1.29, 1.82) is 0 Å². The van der Waals surface area contributed by atoms with Gasteiger partial charge in [0, 0.05) is 17.7 Å². The van der Waals surface area contributed by atoms with Crippen molar-refractivity contribution >= 4 is 0 Å². The van der Waals surface area contributed by atoms with Crippen LogP contribution in [0.4, 0.5) is 8.78 Å². The second kappa shape index (κ2) is 7.21. The molecule has 27 heavy (non-hydrogen) atoms. The van der Waals surface area contributed by atoms with Crippen molar-refractivity contribution in [3.63, 3.8) is 0 Å². The summed E-state index contributed by atoms with van der Waals surface area (Å²) in [6.07, 6.45) is 4.55. The molecule has 1 aliphatic heterocycles. The van der Waals surface area contributed by atoms with Crippen LogP contribution in [0.5, 0.6) is 5.75 Å². The maximum atomic E-state index is 14.2. The normalized spacial score (nSPS) is 30.1. The molecule has 4 rings (SSSR count). The zero-order chi connectivity index (χ0) is 19.0. The van der Waals surface area contributed by atoms with Crippen LogP contribution in [0.3, 0.4) is 0 Å². The Balaban J connectivity index is 1.72. The first-order valence-corrected chi connectivity index (χ1v) is 9.62. The summed E-state index contributed by atoms with van der Waals surface area (Å²) in [5.74, 6) is -0.473. The molecule has 2 bridgehead atoms. The van der Waals surface area contributed by atoms with E-state index in [1.54, 1.807) is 0 Å². The number of rotatable bonds is 4. The topological polar surface area (TPSA) is 47.3 Å². The van der Waals surface area contributed by atoms with Crippen molar-refractivity contribution in [1.82, 2.24) is 5.32 Å². The van der Waals surface area contributed by atoms with E-state index in [1.165, 1.54) is 18.7 Å². The largest absolute Gasteiger partial charge is 0.493 e. The van der Waals surface area contributed by atoms with Crippen LogP contribution in [0.15, 0.2) is 42.5 Å². The Labute approximate surface area is 158 Å². The van der Waals surface area contributed by atoms with Crippen LogP contribution in [-0.4, -0.2) is 12.8 Å². The van der Waals surface area contributed by atoms with Crippen molar-refractivity contribution in [3.8, 4) is 5.75 Å². The molecule has 2 aliphatic rings. The van der Waals surface area contributed by atoms with Gasteiger partial charge in [0.1, 0.15) is 5.82 Å². The van der Waals surface area contributed by atoms with Gasteiger partial charge in [0.2, 0.25) is 0 Å². The van der Waals surface area contributed by atoms with Crippen molar-refractivity contribution in [2.24, 2.45) is 17.6 Å². The molecule has 0 spiro atoms. The maximum Gasteiger partial charge on any atom is 0.168 e. The minimum atomic E-state index is -0.649. The van der Waals surface area contributed by atoms with Crippen molar-refractivity contribution < 1.29 is 13.5 Å². The Morgan fingerprint density at radius 1 is 1.22 bits per heavy atom. The number of hydrogen-bond acceptors (Lipinski definition) is 3. The number of nitrogens with two attached hydrogens (primary N) is 1. The molecule has 0 radical (unpaired) electrons. The third kappa shape index (κ3) is 3.58. The van der Waals surface area contributed by atoms with Gasteiger partial charge in [-0.05, 0) is 55.6 Å². The van der Waals surface area contributed by atoms with E-state index in [0.29, 0.717) is 17.9 Å². The Hall–Kier alpha value is -1.98. The van der Waals surface area contributed by atoms with Gasteiger partial charge < -0.3 is 10.5 Å². The van der Waals surface area contributed by atoms with Crippen molar-refractivity contribution in [2.75, 3.05) is 7.11 Å². The summed E-state index contributed by atoms with van der Waals surface area (Å²) < 4.78 is 33.3. The number of benzene rings is 2. The summed E-state index contributed by atoms with van der Waals surface area (Å²) in [5.41, 5.74) is 8.02. The molecule has 0 amide bonds. The monoisotopic (exact) mass is 372 g/mol. The molecule has 5 heteroatoms. The lowest BCUT2D eigenvalue weighted by molar-refractivity contribution is 0.0424. The van der Waals surface area contributed by atoms with Crippen LogP contribution in [-0.2, 0) is 6.42 Å². The summed E-state index contributed by atoms with van der Waals surface area (Å²) in [6.45, 7) is 0. The number of fused-ring (bicyclic) bond motifs is 2. The number of hydrogen-bond donors (Lipinski definition) is 2. The van der Waals surface area contributed by atoms with E-state index in [1.807, 2.05) is 18.2 Å². The van der Waals surface area contributed by atoms with Crippen LogP contribution in [0.2, 0.25) is 0 Å². The summed E-state index contributed by atoms with van der Waals surface area (Å²) in [4.78, 5) is 0. The van der Waals surface area contributed by atoms with Gasteiger partial charge in [-0.1, -0.05) is 30.3 Å². The van der Waals surface area contributed by atoms with Gasteiger partial charge in [-0.25, -0.2) is 8.78 Å². The van der Waals surface area contributed by atoms with Crippen LogP contribution in [0.1, 0.15) is 42.9 Å². The fourth-order valence-corrected chi connectivity index (χ4v) is 5.06. The van der Waals surface area contributed by atoms with E-state index in [9.17, 15) is 8.78 Å². The standard InChI is InChI=1S/C22H26F2N2O/c1-27-21-16(10-17(23)12-19(21)24)11-18-15-8-5-9-22(25,13-15)26-20(18)14-6-3-2-4-7-14/h2-4,6-7,10,12,15,18,20,26H,5,8-9,11,13,25H2,1H3. The molecule has 2 aromatic carbocycles. The first kappa shape index (κ1) is 18.4. The minimum absolute atomic E-state index is 0.0475. The summed E-state index contributed by atoms with van der Waals surface area (Å²) in [6, 6.07) is 12.5. The fraction of sp³-hybridized carbons (Fsp3) is 0.455. The second-order valence-electron chi connectivity index (χ2n) is 7.99. The van der Waals surface area contributed by atoms with Crippen molar-refractivity contribution in [3.05, 3.63) is 65.2 Å². The van der Waals surface area contributed by atoms with E-state index in [0.717, 1.165) is 31.7 Å². The smallest absolute Gasteiger partial charge is 0.168 e. The quantitative estimate of drug-likeness (QED) is 0.840. The molecule has 144 valence electrons. The van der Waals surface area contributed by atoms with Gasteiger partial charge in [-0.2, -0.15) is 0 Å². The van der Waals surface area contributed by atoms with Crippen LogP contribution >= 0.6 is 0 Å². The van der Waals surface area contributed by atoms with Gasteiger partial charge in [-0.15, -0.1) is 0 Å². The molecule has 3 nitrogen and oxygen atoms in total. The minimum Gasteiger partial charge on any atom is -0.493 e. The lowest BCUT2D eigenvalue weighted by atomic mass is 9.65. The molecule has 1 saturated heterocycles. The molecule has 1 aliphatic carbocycles. The Bertz CT molecular complexity index is 813. The maximum absolute atomic E-state index is 14.2. The van der Waals surface area contributed by atoms with E-state index >= 15 is 0 Å². The SMILES string of the molecule is COc1c(F)cc(F)cc1CC1C2CCCC(N)(C2)NC1c1ccccc1. The average Bonchev–Trinajstić information content (AvgIpc) is 2.64. The van der Waals surface area contributed by atoms with Crippen LogP contribution < -0.4 is 15.8 Å². The number of nitrogens with one attached hydrogen (secondary N) is 1. The summed E-state index contributed by atoms with van der Waals surface area (Å²) in [5, 5.41) is 3.66. The number of piperidine rings is 1. The molecular formula is C22H26F2N2O. The average molecular weight is 372 g/mol. The first-order chi connectivity index (χ1) is 13.0. The number of ether oxygens (including phenoxy) is 1. The third-order valence-electron chi connectivity index (χ3n) is 6.20. The lowest BCUT2D eigenvalue weighted by Crippen LogP contribution is -2.63. The summed E-state index contributed by atoms with van der Waals surface area (Å²) >= 11 is 0. The van der Waals surface area contributed by atoms with Crippen LogP contribution in [0.25, 0.3) is 0 Å². The number of halogens is 2. The van der Waals surface area contributed by atoms with Crippen molar-refractivity contribution in [2.45, 2.75) is 43.8 Å². The van der Waals surface area contributed by atoms with Gasteiger partial charge in [-0.3, -0.25) is 5.32 Å². The highest BCUT2D eigenvalue weighted by Gasteiger charge is 2.46. The molecule has 1 heterocycles. The molecule has 3 N–H and O–H groups in total. The second-order valence-corrected chi connectivity index (χ2v) is 7.99. The molecule has 2 fully saturated rings. The zero-order valence-corrected chi connectivity index (χ0v) is 15.6. The van der Waals surface area contributed by atoms with E-state index < -0.39 is 11.6 Å². The first-order valence-electron chi connectivity index (χ1n) is 9.62. The molecule has 1 saturated carbocycles. The molecular weight excluding hydrogens is 346 g/mol. The van der Waals surface area contributed by atoms with E-state index in [-0.39, 0.29) is 23.4 Å². The van der Waals surface area contributed by atoms with Gasteiger partial charge in [0.15, 0.2) is 11.6 Å². The molecule has 4 atom stereocenters. The molecule has 2 aromatic rings. The summed E-state index contributed by atoms with van der Waals surface area (Å²) in [7, 11) is 1.43. The Morgan fingerprint density at radius 2 is 2.00 bits per heavy atom. The zero-order valence-electron chi connectivity index (χ0n) is 15.6. The highest BCUT2D eigenvalue weighted by molar-refractivity contribution is 5.37. The number of methoxy groups -OCH3 is 1. The highest BCUT2D eigenvalue weighted by atomic mass is 19.1. The predicted octanol–water partition coefficient (Wildman–Crippen LogP) is 4.32.